The Morgan fingerprint density at radius 2 is 1.88 bits per heavy atom. The van der Waals surface area contributed by atoms with Crippen LogP contribution >= 0.6 is 12.2 Å². The van der Waals surface area contributed by atoms with Gasteiger partial charge in [-0.15, -0.1) is 0 Å². The molecule has 2 aliphatic heterocycles. The van der Waals surface area contributed by atoms with E-state index in [9.17, 15) is 18.0 Å². The molecular weight excluding hydrogens is 367 g/mol. The van der Waals surface area contributed by atoms with Crippen molar-refractivity contribution in [3.63, 3.8) is 0 Å². The zero-order chi connectivity index (χ0) is 18.7. The summed E-state index contributed by atoms with van der Waals surface area (Å²) in [6.45, 7) is 2.72. The molecule has 1 aromatic carbocycles. The molecule has 0 aliphatic carbocycles. The van der Waals surface area contributed by atoms with Gasteiger partial charge in [-0.2, -0.15) is 13.2 Å². The van der Waals surface area contributed by atoms with Crippen molar-refractivity contribution in [1.82, 2.24) is 9.80 Å². The molecular formula is C17H20F3N3O2S. The number of carbonyl (C=O) groups is 1. The third-order valence-electron chi connectivity index (χ3n) is 4.52. The average molecular weight is 387 g/mol. The van der Waals surface area contributed by atoms with Crippen LogP contribution in [-0.2, 0) is 15.7 Å². The lowest BCUT2D eigenvalue weighted by Crippen LogP contribution is -2.53. The first kappa shape index (κ1) is 18.9. The molecule has 1 amide bonds. The molecule has 0 bridgehead atoms. The highest BCUT2D eigenvalue weighted by molar-refractivity contribution is 7.80. The van der Waals surface area contributed by atoms with Gasteiger partial charge in [-0.3, -0.25) is 4.79 Å². The maximum atomic E-state index is 12.8. The van der Waals surface area contributed by atoms with Gasteiger partial charge < -0.3 is 19.9 Å². The van der Waals surface area contributed by atoms with Crippen LogP contribution in [0.5, 0.6) is 0 Å². The van der Waals surface area contributed by atoms with Crippen molar-refractivity contribution in [1.29, 1.82) is 0 Å². The normalized spacial score (nSPS) is 21.0. The molecule has 0 unspecified atom stereocenters. The zero-order valence-electron chi connectivity index (χ0n) is 14.1. The maximum Gasteiger partial charge on any atom is 0.416 e. The zero-order valence-corrected chi connectivity index (χ0v) is 14.9. The molecule has 1 atom stereocenters. The van der Waals surface area contributed by atoms with Crippen LogP contribution in [-0.4, -0.2) is 59.7 Å². The van der Waals surface area contributed by atoms with Crippen molar-refractivity contribution in [2.45, 2.75) is 25.1 Å². The van der Waals surface area contributed by atoms with Crippen LogP contribution in [0.25, 0.3) is 0 Å². The van der Waals surface area contributed by atoms with Crippen LogP contribution in [0.1, 0.15) is 18.4 Å². The van der Waals surface area contributed by atoms with Crippen LogP contribution in [0.2, 0.25) is 0 Å². The molecule has 142 valence electrons. The van der Waals surface area contributed by atoms with Crippen LogP contribution in [0.4, 0.5) is 18.9 Å². The Bertz CT molecular complexity index is 669. The molecule has 2 saturated heterocycles. The fourth-order valence-electron chi connectivity index (χ4n) is 3.08. The van der Waals surface area contributed by atoms with E-state index in [1.807, 2.05) is 4.90 Å². The summed E-state index contributed by atoms with van der Waals surface area (Å²) >= 11 is 5.31. The summed E-state index contributed by atoms with van der Waals surface area (Å²) in [5, 5.41) is 3.21. The molecule has 5 nitrogen and oxygen atoms in total. The molecule has 3 rings (SSSR count). The van der Waals surface area contributed by atoms with Crippen LogP contribution in [0.15, 0.2) is 24.3 Å². The van der Waals surface area contributed by atoms with Crippen molar-refractivity contribution >= 4 is 28.9 Å². The van der Waals surface area contributed by atoms with Gasteiger partial charge in [0.2, 0.25) is 0 Å². The first-order valence-corrected chi connectivity index (χ1v) is 8.89. The Morgan fingerprint density at radius 3 is 2.50 bits per heavy atom. The number of alkyl halides is 3. The number of piperazine rings is 1. The minimum Gasteiger partial charge on any atom is -0.368 e. The second kappa shape index (κ2) is 7.79. The van der Waals surface area contributed by atoms with Gasteiger partial charge in [-0.1, -0.05) is 6.07 Å². The van der Waals surface area contributed by atoms with E-state index in [0.29, 0.717) is 43.6 Å². The highest BCUT2D eigenvalue weighted by Gasteiger charge is 2.32. The van der Waals surface area contributed by atoms with Gasteiger partial charge in [0.25, 0.3) is 5.91 Å². The summed E-state index contributed by atoms with van der Waals surface area (Å²) in [6.07, 6.45) is -3.07. The summed E-state index contributed by atoms with van der Waals surface area (Å²) < 4.78 is 43.8. The fourth-order valence-corrected chi connectivity index (χ4v) is 3.38. The van der Waals surface area contributed by atoms with Crippen molar-refractivity contribution in [3.05, 3.63) is 29.8 Å². The molecule has 0 aromatic heterocycles. The standard InChI is InChI=1S/C17H20F3N3O2S/c18-17(19,20)12-3-1-4-13(11-12)21-16(26)23-8-6-22(7-9-23)15(24)14-5-2-10-25-14/h1,3-4,11,14H,2,5-10H2,(H,21,26)/t14-/m1/s1. The molecule has 0 radical (unpaired) electrons. The van der Waals surface area contributed by atoms with E-state index in [1.165, 1.54) is 6.07 Å². The van der Waals surface area contributed by atoms with Gasteiger partial charge in [0.05, 0.1) is 5.56 Å². The lowest BCUT2D eigenvalue weighted by molar-refractivity contribution is -0.142. The summed E-state index contributed by atoms with van der Waals surface area (Å²) in [5.74, 6) is 0.0129. The van der Waals surface area contributed by atoms with E-state index in [-0.39, 0.29) is 12.0 Å². The first-order chi connectivity index (χ1) is 12.3. The van der Waals surface area contributed by atoms with Crippen LogP contribution in [0, 0.1) is 0 Å². The number of ether oxygens (including phenoxy) is 1. The van der Waals surface area contributed by atoms with Crippen molar-refractivity contribution < 1.29 is 22.7 Å². The summed E-state index contributed by atoms with van der Waals surface area (Å²) in [5.41, 5.74) is -0.431. The number of nitrogens with one attached hydrogen (secondary N) is 1. The number of nitrogens with zero attached hydrogens (tertiary/aromatic N) is 2. The van der Waals surface area contributed by atoms with E-state index in [4.69, 9.17) is 17.0 Å². The molecule has 9 heteroatoms. The quantitative estimate of drug-likeness (QED) is 0.791. The maximum absolute atomic E-state index is 12.8. The van der Waals surface area contributed by atoms with Gasteiger partial charge in [0, 0.05) is 38.5 Å². The lowest BCUT2D eigenvalue weighted by atomic mass is 10.2. The number of amides is 1. The average Bonchev–Trinajstić information content (AvgIpc) is 3.15. The molecule has 26 heavy (non-hydrogen) atoms. The molecule has 1 aromatic rings. The Morgan fingerprint density at radius 1 is 1.19 bits per heavy atom. The third-order valence-corrected chi connectivity index (χ3v) is 4.89. The van der Waals surface area contributed by atoms with Crippen molar-refractivity contribution in [2.75, 3.05) is 38.1 Å². The topological polar surface area (TPSA) is 44.8 Å². The fraction of sp³-hybridized carbons (Fsp3) is 0.529. The van der Waals surface area contributed by atoms with Gasteiger partial charge in [0.1, 0.15) is 6.10 Å². The number of halogens is 3. The SMILES string of the molecule is O=C([C@H]1CCCO1)N1CCN(C(=S)Nc2cccc(C(F)(F)F)c2)CC1. The summed E-state index contributed by atoms with van der Waals surface area (Å²) in [4.78, 5) is 15.9. The Labute approximate surface area is 155 Å². The van der Waals surface area contributed by atoms with Gasteiger partial charge in [0.15, 0.2) is 5.11 Å². The van der Waals surface area contributed by atoms with E-state index in [1.54, 1.807) is 11.0 Å². The molecule has 2 heterocycles. The van der Waals surface area contributed by atoms with E-state index in [0.717, 1.165) is 25.0 Å². The van der Waals surface area contributed by atoms with Crippen molar-refractivity contribution in [3.8, 4) is 0 Å². The highest BCUT2D eigenvalue weighted by atomic mass is 32.1. The number of carbonyl (C=O) groups excluding carboxylic acids is 1. The minimum absolute atomic E-state index is 0.0129. The smallest absolute Gasteiger partial charge is 0.368 e. The number of hydrogen-bond donors (Lipinski definition) is 1. The number of anilines is 1. The summed E-state index contributed by atoms with van der Waals surface area (Å²) in [6, 6.07) is 4.93. The monoisotopic (exact) mass is 387 g/mol. The molecule has 2 fully saturated rings. The Kier molecular flexibility index (Phi) is 5.67. The number of benzene rings is 1. The van der Waals surface area contributed by atoms with E-state index >= 15 is 0 Å². The molecule has 2 aliphatic rings. The van der Waals surface area contributed by atoms with Crippen molar-refractivity contribution in [2.24, 2.45) is 0 Å². The lowest BCUT2D eigenvalue weighted by Gasteiger charge is -2.37. The minimum atomic E-state index is -4.40. The molecule has 0 saturated carbocycles. The second-order valence-corrected chi connectivity index (χ2v) is 6.71. The number of hydrogen-bond acceptors (Lipinski definition) is 3. The van der Waals surface area contributed by atoms with E-state index < -0.39 is 11.7 Å². The Hall–Kier alpha value is -1.87. The molecule has 0 spiro atoms. The predicted octanol–water partition coefficient (Wildman–Crippen LogP) is 2.73. The third kappa shape index (κ3) is 4.45. The largest absolute Gasteiger partial charge is 0.416 e. The van der Waals surface area contributed by atoms with Crippen LogP contribution < -0.4 is 5.32 Å². The Balaban J connectivity index is 1.53. The summed E-state index contributed by atoms with van der Waals surface area (Å²) in [7, 11) is 0. The van der Waals surface area contributed by atoms with Gasteiger partial charge >= 0.3 is 6.18 Å². The second-order valence-electron chi connectivity index (χ2n) is 6.32. The van der Waals surface area contributed by atoms with Crippen LogP contribution in [0.3, 0.4) is 0 Å². The van der Waals surface area contributed by atoms with Gasteiger partial charge in [-0.05, 0) is 43.3 Å². The predicted molar refractivity (Wildman–Crippen MR) is 94.8 cm³/mol. The van der Waals surface area contributed by atoms with E-state index in [2.05, 4.69) is 5.32 Å². The molecule has 1 N–H and O–H groups in total. The first-order valence-electron chi connectivity index (χ1n) is 8.48. The van der Waals surface area contributed by atoms with Gasteiger partial charge in [-0.25, -0.2) is 0 Å². The number of rotatable bonds is 2. The number of thiocarbonyl (C=S) groups is 1. The highest BCUT2D eigenvalue weighted by Crippen LogP contribution is 2.30.